The first-order valence-electron chi connectivity index (χ1n) is 9.78. The average Bonchev–Trinajstić information content (AvgIpc) is 3.36. The first kappa shape index (κ1) is 17.4. The van der Waals surface area contributed by atoms with Crippen LogP contribution in [0.1, 0.15) is 25.7 Å². The zero-order chi connectivity index (χ0) is 19.7. The highest BCUT2D eigenvalue weighted by atomic mass is 35.5. The molecule has 0 saturated carbocycles. The minimum Gasteiger partial charge on any atom is -0.349 e. The van der Waals surface area contributed by atoms with Gasteiger partial charge in [-0.25, -0.2) is 9.97 Å². The minimum absolute atomic E-state index is 0.113. The second-order valence-electron chi connectivity index (χ2n) is 7.97. The summed E-state index contributed by atoms with van der Waals surface area (Å²) in [6.07, 6.45) is 8.12. The number of fused-ring (bicyclic) bond motifs is 4. The first-order valence-corrected chi connectivity index (χ1v) is 11.0. The fourth-order valence-electron chi connectivity index (χ4n) is 5.00. The molecule has 7 nitrogen and oxygen atoms in total. The number of halogens is 1. The summed E-state index contributed by atoms with van der Waals surface area (Å²) < 4.78 is 0.759. The van der Waals surface area contributed by atoms with Gasteiger partial charge in [0.25, 0.3) is 0 Å². The largest absolute Gasteiger partial charge is 0.349 e. The van der Waals surface area contributed by atoms with Crippen LogP contribution in [0.4, 0.5) is 5.82 Å². The second-order valence-corrected chi connectivity index (χ2v) is 9.33. The van der Waals surface area contributed by atoms with E-state index in [1.165, 1.54) is 12.8 Å². The Kier molecular flexibility index (Phi) is 3.78. The van der Waals surface area contributed by atoms with E-state index in [0.717, 1.165) is 62.5 Å². The molecule has 2 atom stereocenters. The van der Waals surface area contributed by atoms with E-state index in [4.69, 9.17) is 27.3 Å². The number of hydrogen-bond donors (Lipinski definition) is 3. The highest BCUT2D eigenvalue weighted by Crippen LogP contribution is 2.40. The summed E-state index contributed by atoms with van der Waals surface area (Å²) in [5.41, 5.74) is 10.2. The molecule has 6 rings (SSSR count). The third-order valence-electron chi connectivity index (χ3n) is 6.22. The van der Waals surface area contributed by atoms with Gasteiger partial charge in [-0.05, 0) is 31.7 Å². The van der Waals surface area contributed by atoms with E-state index in [0.29, 0.717) is 23.1 Å². The van der Waals surface area contributed by atoms with Crippen LogP contribution >= 0.6 is 22.9 Å². The fraction of sp³-hybridized carbons (Fsp3) is 0.350. The molecule has 0 aliphatic carbocycles. The third-order valence-corrected chi connectivity index (χ3v) is 7.64. The van der Waals surface area contributed by atoms with Gasteiger partial charge in [-0.1, -0.05) is 29.0 Å². The average molecular weight is 427 g/mol. The zero-order valence-electron chi connectivity index (χ0n) is 15.5. The van der Waals surface area contributed by atoms with Gasteiger partial charge < -0.3 is 20.6 Å². The molecule has 2 aliphatic rings. The monoisotopic (exact) mass is 426 g/mol. The molecule has 0 radical (unpaired) electrons. The van der Waals surface area contributed by atoms with Gasteiger partial charge in [0.05, 0.1) is 21.4 Å². The number of anilines is 1. The molecule has 4 aromatic rings. The highest BCUT2D eigenvalue weighted by molar-refractivity contribution is 7.17. The van der Waals surface area contributed by atoms with Crippen molar-refractivity contribution in [1.29, 1.82) is 0 Å². The number of rotatable bonds is 2. The SMILES string of the molecule is NC1CC2CCC(C1)N2c1cnc2c(-c3ccc4[nH]c(=O)sc4c3Cl)c[nH]c2n1. The smallest absolute Gasteiger partial charge is 0.305 e. The van der Waals surface area contributed by atoms with Crippen molar-refractivity contribution in [2.45, 2.75) is 43.8 Å². The molecule has 2 saturated heterocycles. The Hall–Kier alpha value is -2.42. The summed E-state index contributed by atoms with van der Waals surface area (Å²) in [5, 5.41) is 0.556. The lowest BCUT2D eigenvalue weighted by Crippen LogP contribution is -2.47. The Bertz CT molecular complexity index is 1300. The van der Waals surface area contributed by atoms with Crippen molar-refractivity contribution >= 4 is 50.1 Å². The third kappa shape index (κ3) is 2.63. The van der Waals surface area contributed by atoms with E-state index in [2.05, 4.69) is 14.9 Å². The molecular weight excluding hydrogens is 408 g/mol. The van der Waals surface area contributed by atoms with Crippen molar-refractivity contribution in [2.24, 2.45) is 5.73 Å². The summed E-state index contributed by atoms with van der Waals surface area (Å²) in [5.74, 6) is 0.913. The van der Waals surface area contributed by atoms with E-state index in [1.807, 2.05) is 24.5 Å². The summed E-state index contributed by atoms with van der Waals surface area (Å²) >= 11 is 7.75. The van der Waals surface area contributed by atoms with Crippen molar-refractivity contribution in [3.8, 4) is 11.1 Å². The second kappa shape index (κ2) is 6.29. The van der Waals surface area contributed by atoms with Crippen molar-refractivity contribution < 1.29 is 0 Å². The molecule has 5 heterocycles. The summed E-state index contributed by atoms with van der Waals surface area (Å²) in [7, 11) is 0. The minimum atomic E-state index is -0.113. The van der Waals surface area contributed by atoms with Crippen molar-refractivity contribution in [3.05, 3.63) is 39.2 Å². The molecule has 2 fully saturated rings. The number of thiazole rings is 1. The maximum Gasteiger partial charge on any atom is 0.305 e. The summed E-state index contributed by atoms with van der Waals surface area (Å²) in [6, 6.07) is 5.00. The van der Waals surface area contributed by atoms with Crippen LogP contribution in [0.3, 0.4) is 0 Å². The summed E-state index contributed by atoms with van der Waals surface area (Å²) in [6.45, 7) is 0. The van der Waals surface area contributed by atoms with E-state index in [9.17, 15) is 4.79 Å². The normalized spacial score (nSPS) is 24.1. The molecule has 3 aromatic heterocycles. The highest BCUT2D eigenvalue weighted by Gasteiger charge is 2.40. The Balaban J connectivity index is 1.43. The molecule has 9 heteroatoms. The Morgan fingerprint density at radius 1 is 1.21 bits per heavy atom. The van der Waals surface area contributed by atoms with E-state index >= 15 is 0 Å². The predicted octanol–water partition coefficient (Wildman–Crippen LogP) is 3.64. The number of piperidine rings is 1. The van der Waals surface area contributed by atoms with Gasteiger partial charge in [0.2, 0.25) is 0 Å². The molecule has 2 unspecified atom stereocenters. The molecule has 1 aromatic carbocycles. The topological polar surface area (TPSA) is 104 Å². The Labute approximate surface area is 174 Å². The Morgan fingerprint density at radius 3 is 2.79 bits per heavy atom. The quantitative estimate of drug-likeness (QED) is 0.454. The maximum absolute atomic E-state index is 11.7. The zero-order valence-corrected chi connectivity index (χ0v) is 17.1. The number of nitrogens with one attached hydrogen (secondary N) is 2. The van der Waals surface area contributed by atoms with Crippen LogP contribution in [0.5, 0.6) is 0 Å². The van der Waals surface area contributed by atoms with Crippen LogP contribution in [-0.2, 0) is 0 Å². The van der Waals surface area contributed by atoms with Crippen LogP contribution < -0.4 is 15.5 Å². The van der Waals surface area contributed by atoms with E-state index in [-0.39, 0.29) is 4.87 Å². The van der Waals surface area contributed by atoms with Crippen molar-refractivity contribution in [3.63, 3.8) is 0 Å². The van der Waals surface area contributed by atoms with Crippen LogP contribution in [0.15, 0.2) is 29.3 Å². The van der Waals surface area contributed by atoms with Crippen LogP contribution in [-0.4, -0.2) is 38.1 Å². The van der Waals surface area contributed by atoms with Gasteiger partial charge >= 0.3 is 4.87 Å². The van der Waals surface area contributed by atoms with Crippen LogP contribution in [0, 0.1) is 0 Å². The van der Waals surface area contributed by atoms with E-state index < -0.39 is 0 Å². The number of nitrogens with two attached hydrogens (primary N) is 1. The van der Waals surface area contributed by atoms with Gasteiger partial charge in [0.1, 0.15) is 11.3 Å². The lowest BCUT2D eigenvalue weighted by atomic mass is 9.98. The number of hydrogen-bond acceptors (Lipinski definition) is 6. The molecule has 4 N–H and O–H groups in total. The van der Waals surface area contributed by atoms with Crippen molar-refractivity contribution in [2.75, 3.05) is 4.90 Å². The summed E-state index contributed by atoms with van der Waals surface area (Å²) in [4.78, 5) is 29.7. The van der Waals surface area contributed by atoms with E-state index in [1.54, 1.807) is 0 Å². The molecule has 0 amide bonds. The van der Waals surface area contributed by atoms with Crippen LogP contribution in [0.2, 0.25) is 5.02 Å². The molecule has 0 spiro atoms. The predicted molar refractivity (Wildman–Crippen MR) is 117 cm³/mol. The molecule has 148 valence electrons. The standard InChI is InChI=1S/C20H19ClN6OS/c21-16-12(3-4-14-18(16)29-20(28)25-14)13-7-24-19-17(13)23-8-15(26-19)27-10-1-2-11(27)6-9(22)5-10/h3-4,7-11H,1-2,5-6,22H2,(H,24,26)(H,25,28). The molecule has 2 bridgehead atoms. The molecule has 2 aliphatic heterocycles. The first-order chi connectivity index (χ1) is 14.1. The molecule has 29 heavy (non-hydrogen) atoms. The number of benzene rings is 1. The number of aromatic nitrogens is 4. The van der Waals surface area contributed by atoms with Crippen molar-refractivity contribution in [1.82, 2.24) is 19.9 Å². The van der Waals surface area contributed by atoms with Gasteiger partial charge in [-0.2, -0.15) is 0 Å². The van der Waals surface area contributed by atoms with Gasteiger partial charge in [-0.15, -0.1) is 0 Å². The molecular formula is C20H19ClN6OS. The van der Waals surface area contributed by atoms with Gasteiger partial charge in [0, 0.05) is 35.4 Å². The Morgan fingerprint density at radius 2 is 2.00 bits per heavy atom. The van der Waals surface area contributed by atoms with Crippen LogP contribution in [0.25, 0.3) is 32.5 Å². The number of aromatic amines is 2. The number of nitrogens with zero attached hydrogens (tertiary/aromatic N) is 3. The van der Waals surface area contributed by atoms with Gasteiger partial charge in [0.15, 0.2) is 5.65 Å². The lowest BCUT2D eigenvalue weighted by Gasteiger charge is -2.38. The lowest BCUT2D eigenvalue weighted by molar-refractivity contribution is 0.412. The number of H-pyrrole nitrogens is 2. The fourth-order valence-corrected chi connectivity index (χ4v) is 6.16. The van der Waals surface area contributed by atoms with Gasteiger partial charge in [-0.3, -0.25) is 4.79 Å². The maximum atomic E-state index is 11.7.